The van der Waals surface area contributed by atoms with E-state index in [1.807, 2.05) is 12.1 Å². The summed E-state index contributed by atoms with van der Waals surface area (Å²) in [5, 5.41) is 11.3. The van der Waals surface area contributed by atoms with Crippen LogP contribution in [0.2, 0.25) is 5.02 Å². The van der Waals surface area contributed by atoms with E-state index in [1.165, 1.54) is 11.8 Å². The summed E-state index contributed by atoms with van der Waals surface area (Å²) in [5.74, 6) is 2.59. The van der Waals surface area contributed by atoms with E-state index >= 15 is 0 Å². The molecule has 0 bridgehead atoms. The van der Waals surface area contributed by atoms with Crippen LogP contribution >= 0.6 is 23.4 Å². The van der Waals surface area contributed by atoms with Crippen molar-refractivity contribution in [1.82, 2.24) is 0 Å². The summed E-state index contributed by atoms with van der Waals surface area (Å²) in [5.41, 5.74) is 1.06. The van der Waals surface area contributed by atoms with Crippen LogP contribution < -0.4 is 9.47 Å². The third-order valence-electron chi connectivity index (χ3n) is 2.91. The number of hydrogen-bond acceptors (Lipinski definition) is 4. The van der Waals surface area contributed by atoms with E-state index in [0.29, 0.717) is 29.9 Å². The molecular formula is C13H14ClNO2S. The molecule has 0 radical (unpaired) electrons. The van der Waals surface area contributed by atoms with Crippen LogP contribution in [0.4, 0.5) is 0 Å². The second-order valence-electron chi connectivity index (χ2n) is 4.15. The van der Waals surface area contributed by atoms with Crippen molar-refractivity contribution in [2.75, 3.05) is 19.0 Å². The topological polar surface area (TPSA) is 42.2 Å². The molecule has 0 spiro atoms. The largest absolute Gasteiger partial charge is 0.486 e. The van der Waals surface area contributed by atoms with Crippen molar-refractivity contribution >= 4 is 23.4 Å². The Morgan fingerprint density at radius 2 is 2.06 bits per heavy atom. The van der Waals surface area contributed by atoms with Crippen molar-refractivity contribution < 1.29 is 9.47 Å². The van der Waals surface area contributed by atoms with Crippen LogP contribution in [-0.4, -0.2) is 19.0 Å². The van der Waals surface area contributed by atoms with Crippen LogP contribution in [0.1, 0.15) is 24.8 Å². The van der Waals surface area contributed by atoms with Gasteiger partial charge in [0.25, 0.3) is 0 Å². The maximum atomic E-state index is 8.51. The lowest BCUT2D eigenvalue weighted by molar-refractivity contribution is 0.171. The summed E-state index contributed by atoms with van der Waals surface area (Å²) in [7, 11) is 0. The minimum Gasteiger partial charge on any atom is -0.486 e. The van der Waals surface area contributed by atoms with Crippen LogP contribution in [-0.2, 0) is 0 Å². The van der Waals surface area contributed by atoms with Gasteiger partial charge in [-0.3, -0.25) is 0 Å². The Hall–Kier alpha value is -1.05. The Morgan fingerprint density at radius 3 is 2.72 bits per heavy atom. The van der Waals surface area contributed by atoms with Crippen molar-refractivity contribution in [1.29, 1.82) is 5.26 Å². The van der Waals surface area contributed by atoms with Crippen molar-refractivity contribution in [2.24, 2.45) is 0 Å². The maximum Gasteiger partial charge on any atom is 0.162 e. The van der Waals surface area contributed by atoms with Gasteiger partial charge >= 0.3 is 0 Å². The number of thioether (sulfide) groups is 1. The third-order valence-corrected chi connectivity index (χ3v) is 3.81. The summed E-state index contributed by atoms with van der Waals surface area (Å²) in [6, 6.07) is 3.78. The number of nitrogens with zero attached hydrogens (tertiary/aromatic N) is 1. The molecular weight excluding hydrogens is 270 g/mol. The first kappa shape index (κ1) is 13.4. The van der Waals surface area contributed by atoms with Crippen LogP contribution in [0, 0.1) is 10.7 Å². The van der Waals surface area contributed by atoms with Gasteiger partial charge in [0, 0.05) is 16.8 Å². The molecule has 3 nitrogen and oxygen atoms in total. The monoisotopic (exact) mass is 283 g/mol. The Bertz CT molecular complexity index is 473. The molecule has 5 heteroatoms. The van der Waals surface area contributed by atoms with E-state index in [0.717, 1.165) is 23.5 Å². The van der Waals surface area contributed by atoms with Gasteiger partial charge in [0.2, 0.25) is 0 Å². The molecule has 1 unspecified atom stereocenters. The van der Waals surface area contributed by atoms with Crippen LogP contribution in [0.3, 0.4) is 0 Å². The molecule has 2 rings (SSSR count). The maximum absolute atomic E-state index is 8.51. The van der Waals surface area contributed by atoms with Gasteiger partial charge in [-0.2, -0.15) is 5.26 Å². The second-order valence-corrected chi connectivity index (χ2v) is 5.43. The summed E-state index contributed by atoms with van der Waals surface area (Å²) < 4.78 is 11.0. The zero-order valence-corrected chi connectivity index (χ0v) is 11.7. The molecule has 1 aromatic rings. The van der Waals surface area contributed by atoms with Gasteiger partial charge in [-0.05, 0) is 35.7 Å². The highest BCUT2D eigenvalue weighted by Gasteiger charge is 2.18. The Morgan fingerprint density at radius 1 is 1.39 bits per heavy atom. The number of thiocyanates is 1. The summed E-state index contributed by atoms with van der Waals surface area (Å²) >= 11 is 7.53. The molecule has 0 amide bonds. The van der Waals surface area contributed by atoms with Crippen LogP contribution in [0.15, 0.2) is 12.1 Å². The number of halogens is 1. The standard InChI is InChI=1S/C13H14ClNO2S/c1-9(2-5-18-8-15)10-6-12-13(7-11(10)14)17-4-3-16-12/h6-7,9H,2-5H2,1H3. The van der Waals surface area contributed by atoms with Crippen molar-refractivity contribution in [3.05, 3.63) is 22.7 Å². The van der Waals surface area contributed by atoms with E-state index in [9.17, 15) is 0 Å². The fourth-order valence-electron chi connectivity index (χ4n) is 1.89. The van der Waals surface area contributed by atoms with Gasteiger partial charge in [0.15, 0.2) is 11.5 Å². The number of fused-ring (bicyclic) bond motifs is 1. The predicted molar refractivity (Wildman–Crippen MR) is 73.5 cm³/mol. The predicted octanol–water partition coefficient (Wildman–Crippen LogP) is 3.82. The molecule has 1 atom stereocenters. The second kappa shape index (κ2) is 6.21. The van der Waals surface area contributed by atoms with Gasteiger partial charge < -0.3 is 9.47 Å². The molecule has 96 valence electrons. The Labute approximate surface area is 116 Å². The fraction of sp³-hybridized carbons (Fsp3) is 0.462. The molecule has 0 saturated carbocycles. The van der Waals surface area contributed by atoms with Crippen LogP contribution in [0.5, 0.6) is 11.5 Å². The first-order valence-corrected chi connectivity index (χ1v) is 7.18. The number of hydrogen-bond donors (Lipinski definition) is 0. The summed E-state index contributed by atoms with van der Waals surface area (Å²) in [6.07, 6.45) is 0.914. The minimum atomic E-state index is 0.300. The first-order valence-electron chi connectivity index (χ1n) is 5.82. The molecule has 1 aliphatic heterocycles. The average Bonchev–Trinajstić information content (AvgIpc) is 2.38. The van der Waals surface area contributed by atoms with E-state index in [1.54, 1.807) is 0 Å². The molecule has 1 aromatic carbocycles. The molecule has 18 heavy (non-hydrogen) atoms. The summed E-state index contributed by atoms with van der Waals surface area (Å²) in [4.78, 5) is 0. The normalized spacial score (nSPS) is 14.9. The van der Waals surface area contributed by atoms with E-state index in [-0.39, 0.29) is 0 Å². The lowest BCUT2D eigenvalue weighted by Crippen LogP contribution is -2.15. The smallest absolute Gasteiger partial charge is 0.162 e. The summed E-state index contributed by atoms with van der Waals surface area (Å²) in [6.45, 7) is 3.25. The lowest BCUT2D eigenvalue weighted by atomic mass is 9.98. The third kappa shape index (κ3) is 3.04. The minimum absolute atomic E-state index is 0.300. The molecule has 0 fully saturated rings. The molecule has 0 aromatic heterocycles. The van der Waals surface area contributed by atoms with Crippen molar-refractivity contribution in [3.63, 3.8) is 0 Å². The fourth-order valence-corrected chi connectivity index (χ4v) is 2.80. The number of benzene rings is 1. The van der Waals surface area contributed by atoms with Crippen LogP contribution in [0.25, 0.3) is 0 Å². The van der Waals surface area contributed by atoms with Gasteiger partial charge in [-0.15, -0.1) is 0 Å². The lowest BCUT2D eigenvalue weighted by Gasteiger charge is -2.21. The highest BCUT2D eigenvalue weighted by atomic mass is 35.5. The highest BCUT2D eigenvalue weighted by Crippen LogP contribution is 2.39. The number of rotatable bonds is 4. The zero-order valence-electron chi connectivity index (χ0n) is 10.1. The van der Waals surface area contributed by atoms with Crippen molar-refractivity contribution in [3.8, 4) is 16.9 Å². The first-order chi connectivity index (χ1) is 8.72. The van der Waals surface area contributed by atoms with E-state index < -0.39 is 0 Å². The van der Waals surface area contributed by atoms with Gasteiger partial charge in [0.1, 0.15) is 18.6 Å². The van der Waals surface area contributed by atoms with Crippen molar-refractivity contribution in [2.45, 2.75) is 19.3 Å². The van der Waals surface area contributed by atoms with Gasteiger partial charge in [0.05, 0.1) is 0 Å². The average molecular weight is 284 g/mol. The molecule has 0 N–H and O–H groups in total. The molecule has 0 aliphatic carbocycles. The number of ether oxygens (including phenoxy) is 2. The Balaban J connectivity index is 2.15. The van der Waals surface area contributed by atoms with Gasteiger partial charge in [-0.25, -0.2) is 0 Å². The Kier molecular flexibility index (Phi) is 4.62. The quantitative estimate of drug-likeness (QED) is 0.622. The molecule has 1 heterocycles. The van der Waals surface area contributed by atoms with E-state index in [4.69, 9.17) is 26.3 Å². The van der Waals surface area contributed by atoms with E-state index in [2.05, 4.69) is 12.3 Å². The zero-order chi connectivity index (χ0) is 13.0. The number of nitriles is 1. The van der Waals surface area contributed by atoms with Gasteiger partial charge in [-0.1, -0.05) is 18.5 Å². The molecule has 0 saturated heterocycles. The highest BCUT2D eigenvalue weighted by molar-refractivity contribution is 8.03. The SMILES string of the molecule is CC(CCSC#N)c1cc2c(cc1Cl)OCCO2. The molecule has 1 aliphatic rings.